The van der Waals surface area contributed by atoms with E-state index in [0.29, 0.717) is 0 Å². The van der Waals surface area contributed by atoms with Gasteiger partial charge < -0.3 is 9.80 Å². The Bertz CT molecular complexity index is 977. The second-order valence-corrected chi connectivity index (χ2v) is 8.32. The molecular weight excluding hydrogens is 356 g/mol. The topological polar surface area (TPSA) is 32.3 Å². The van der Waals surface area contributed by atoms with Crippen molar-refractivity contribution in [2.45, 2.75) is 32.6 Å². The Kier molecular flexibility index (Phi) is 4.92. The van der Waals surface area contributed by atoms with Crippen molar-refractivity contribution in [2.75, 3.05) is 29.4 Å². The molecule has 148 valence electrons. The standard InChI is InChI=1S/C25H28N4/c1-19-17-24(27-25(26-19)29-16-13-22-9-5-6-10-23(22)29)28-14-11-21(12-15-28)18-20-7-3-2-4-8-20/h2-10,17,21H,11-16,18H2,1H3. The molecule has 0 N–H and O–H groups in total. The molecule has 4 heteroatoms. The van der Waals surface area contributed by atoms with Gasteiger partial charge in [-0.25, -0.2) is 4.98 Å². The van der Waals surface area contributed by atoms with E-state index in [-0.39, 0.29) is 0 Å². The lowest BCUT2D eigenvalue weighted by molar-refractivity contribution is 0.402. The second-order valence-electron chi connectivity index (χ2n) is 8.32. The SMILES string of the molecule is Cc1cc(N2CCC(Cc3ccccc3)CC2)nc(N2CCc3ccccc32)n1. The highest BCUT2D eigenvalue weighted by Gasteiger charge is 2.25. The van der Waals surface area contributed by atoms with Gasteiger partial charge in [-0.3, -0.25) is 0 Å². The zero-order valence-electron chi connectivity index (χ0n) is 17.1. The maximum absolute atomic E-state index is 4.99. The molecule has 2 aromatic carbocycles. The van der Waals surface area contributed by atoms with Gasteiger partial charge in [0.25, 0.3) is 0 Å². The molecule has 3 heterocycles. The minimum Gasteiger partial charge on any atom is -0.356 e. The molecule has 5 rings (SSSR count). The average molecular weight is 385 g/mol. The lowest BCUT2D eigenvalue weighted by atomic mass is 9.90. The van der Waals surface area contributed by atoms with E-state index in [1.165, 1.54) is 36.1 Å². The predicted octanol–water partition coefficient (Wildman–Crippen LogP) is 4.94. The molecule has 29 heavy (non-hydrogen) atoms. The van der Waals surface area contributed by atoms with Crippen molar-refractivity contribution in [3.8, 4) is 0 Å². The van der Waals surface area contributed by atoms with Gasteiger partial charge in [-0.05, 0) is 55.7 Å². The van der Waals surface area contributed by atoms with E-state index in [1.54, 1.807) is 0 Å². The van der Waals surface area contributed by atoms with Crippen LogP contribution in [0.15, 0.2) is 60.7 Å². The van der Waals surface area contributed by atoms with Gasteiger partial charge >= 0.3 is 0 Å². The third kappa shape index (κ3) is 3.84. The monoisotopic (exact) mass is 384 g/mol. The van der Waals surface area contributed by atoms with E-state index in [4.69, 9.17) is 9.97 Å². The number of aryl methyl sites for hydroxylation is 1. The van der Waals surface area contributed by atoms with Crippen LogP contribution in [0.3, 0.4) is 0 Å². The molecule has 1 saturated heterocycles. The van der Waals surface area contributed by atoms with E-state index >= 15 is 0 Å². The fourth-order valence-corrected chi connectivity index (χ4v) is 4.68. The van der Waals surface area contributed by atoms with E-state index in [9.17, 15) is 0 Å². The molecule has 1 aromatic heterocycles. The number of piperidine rings is 1. The van der Waals surface area contributed by atoms with Crippen LogP contribution < -0.4 is 9.80 Å². The van der Waals surface area contributed by atoms with Crippen molar-refractivity contribution < 1.29 is 0 Å². The van der Waals surface area contributed by atoms with E-state index in [0.717, 1.165) is 49.4 Å². The molecule has 0 spiro atoms. The Morgan fingerprint density at radius 1 is 0.897 bits per heavy atom. The Morgan fingerprint density at radius 2 is 1.66 bits per heavy atom. The van der Waals surface area contributed by atoms with Crippen molar-refractivity contribution >= 4 is 17.5 Å². The third-order valence-corrected chi connectivity index (χ3v) is 6.26. The van der Waals surface area contributed by atoms with Crippen LogP contribution in [0.4, 0.5) is 17.5 Å². The van der Waals surface area contributed by atoms with Crippen LogP contribution in [0.25, 0.3) is 0 Å². The molecule has 0 radical (unpaired) electrons. The molecule has 0 bridgehead atoms. The summed E-state index contributed by atoms with van der Waals surface area (Å²) in [7, 11) is 0. The summed E-state index contributed by atoms with van der Waals surface area (Å²) in [5, 5.41) is 0. The molecule has 2 aliphatic rings. The number of rotatable bonds is 4. The lowest BCUT2D eigenvalue weighted by Crippen LogP contribution is -2.35. The summed E-state index contributed by atoms with van der Waals surface area (Å²) in [5.74, 6) is 2.69. The molecule has 3 aromatic rings. The van der Waals surface area contributed by atoms with E-state index in [1.807, 2.05) is 0 Å². The normalized spacial score (nSPS) is 16.9. The number of fused-ring (bicyclic) bond motifs is 1. The van der Waals surface area contributed by atoms with E-state index in [2.05, 4.69) is 77.4 Å². The number of hydrogen-bond donors (Lipinski definition) is 0. The molecule has 0 atom stereocenters. The van der Waals surface area contributed by atoms with E-state index < -0.39 is 0 Å². The highest BCUT2D eigenvalue weighted by Crippen LogP contribution is 2.34. The van der Waals surface area contributed by atoms with Crippen molar-refractivity contribution in [3.63, 3.8) is 0 Å². The van der Waals surface area contributed by atoms with Gasteiger partial charge in [0, 0.05) is 37.1 Å². The summed E-state index contributed by atoms with van der Waals surface area (Å²) in [6.45, 7) is 5.19. The zero-order valence-corrected chi connectivity index (χ0v) is 17.1. The molecule has 0 unspecified atom stereocenters. The number of aromatic nitrogens is 2. The van der Waals surface area contributed by atoms with Crippen LogP contribution in [-0.2, 0) is 12.8 Å². The van der Waals surface area contributed by atoms with Gasteiger partial charge in [-0.1, -0.05) is 48.5 Å². The van der Waals surface area contributed by atoms with Crippen LogP contribution in [0.5, 0.6) is 0 Å². The fourth-order valence-electron chi connectivity index (χ4n) is 4.68. The number of anilines is 3. The summed E-state index contributed by atoms with van der Waals surface area (Å²) in [5.41, 5.74) is 5.14. The Hall–Kier alpha value is -2.88. The third-order valence-electron chi connectivity index (χ3n) is 6.26. The molecule has 0 saturated carbocycles. The first-order valence-electron chi connectivity index (χ1n) is 10.8. The van der Waals surface area contributed by atoms with Crippen molar-refractivity contribution in [2.24, 2.45) is 5.92 Å². The maximum atomic E-state index is 4.99. The quantitative estimate of drug-likeness (QED) is 0.638. The summed E-state index contributed by atoms with van der Waals surface area (Å²) < 4.78 is 0. The number of nitrogens with zero attached hydrogens (tertiary/aromatic N) is 4. The van der Waals surface area contributed by atoms with Crippen LogP contribution in [0, 0.1) is 12.8 Å². The maximum Gasteiger partial charge on any atom is 0.232 e. The van der Waals surface area contributed by atoms with Gasteiger partial charge in [0.2, 0.25) is 5.95 Å². The summed E-state index contributed by atoms with van der Waals surface area (Å²) in [6.07, 6.45) is 4.70. The first-order valence-corrected chi connectivity index (χ1v) is 10.8. The summed E-state index contributed by atoms with van der Waals surface area (Å²) in [6, 6.07) is 21.6. The Morgan fingerprint density at radius 3 is 2.48 bits per heavy atom. The molecule has 0 amide bonds. The molecule has 0 aliphatic carbocycles. The van der Waals surface area contributed by atoms with Gasteiger partial charge in [0.15, 0.2) is 0 Å². The predicted molar refractivity (Wildman–Crippen MR) is 119 cm³/mol. The molecular formula is C25H28N4. The van der Waals surface area contributed by atoms with Gasteiger partial charge in [-0.15, -0.1) is 0 Å². The lowest BCUT2D eigenvalue weighted by Gasteiger charge is -2.33. The average Bonchev–Trinajstić information content (AvgIpc) is 3.19. The zero-order chi connectivity index (χ0) is 19.6. The molecule has 4 nitrogen and oxygen atoms in total. The number of para-hydroxylation sites is 1. The highest BCUT2D eigenvalue weighted by atomic mass is 15.3. The largest absolute Gasteiger partial charge is 0.356 e. The van der Waals surface area contributed by atoms with Crippen LogP contribution in [-0.4, -0.2) is 29.6 Å². The fraction of sp³-hybridized carbons (Fsp3) is 0.360. The van der Waals surface area contributed by atoms with Crippen LogP contribution in [0.2, 0.25) is 0 Å². The van der Waals surface area contributed by atoms with Crippen LogP contribution in [0.1, 0.15) is 29.7 Å². The van der Waals surface area contributed by atoms with Crippen LogP contribution >= 0.6 is 0 Å². The van der Waals surface area contributed by atoms with Crippen molar-refractivity contribution in [1.29, 1.82) is 0 Å². The van der Waals surface area contributed by atoms with Gasteiger partial charge in [0.1, 0.15) is 5.82 Å². The minimum atomic E-state index is 0.765. The minimum absolute atomic E-state index is 0.765. The number of benzene rings is 2. The molecule has 2 aliphatic heterocycles. The molecule has 1 fully saturated rings. The second kappa shape index (κ2) is 7.86. The Balaban J connectivity index is 1.30. The van der Waals surface area contributed by atoms with Crippen molar-refractivity contribution in [3.05, 3.63) is 77.5 Å². The first kappa shape index (κ1) is 18.2. The first-order chi connectivity index (χ1) is 14.3. The summed E-state index contributed by atoms with van der Waals surface area (Å²) >= 11 is 0. The van der Waals surface area contributed by atoms with Crippen molar-refractivity contribution in [1.82, 2.24) is 9.97 Å². The van der Waals surface area contributed by atoms with Gasteiger partial charge in [-0.2, -0.15) is 4.98 Å². The Labute approximate surface area is 173 Å². The smallest absolute Gasteiger partial charge is 0.232 e. The van der Waals surface area contributed by atoms with Gasteiger partial charge in [0.05, 0.1) is 0 Å². The highest BCUT2D eigenvalue weighted by molar-refractivity contribution is 5.66. The number of hydrogen-bond acceptors (Lipinski definition) is 4. The summed E-state index contributed by atoms with van der Waals surface area (Å²) in [4.78, 5) is 14.5.